The van der Waals surface area contributed by atoms with Crippen LogP contribution in [0.25, 0.3) is 0 Å². The van der Waals surface area contributed by atoms with E-state index in [0.717, 1.165) is 10.9 Å². The average Bonchev–Trinajstić information content (AvgIpc) is 2.26. The minimum absolute atomic E-state index is 0.762. The first-order chi connectivity index (χ1) is 7.61. The van der Waals surface area contributed by atoms with Gasteiger partial charge in [-0.1, -0.05) is 29.5 Å². The lowest BCUT2D eigenvalue weighted by Gasteiger charge is -2.03. The van der Waals surface area contributed by atoms with Gasteiger partial charge in [0.1, 0.15) is 0 Å². The van der Waals surface area contributed by atoms with E-state index in [1.165, 1.54) is 17.3 Å². The van der Waals surface area contributed by atoms with Crippen molar-refractivity contribution in [3.63, 3.8) is 0 Å². The van der Waals surface area contributed by atoms with Gasteiger partial charge in [0.2, 0.25) is 0 Å². The zero-order chi connectivity index (χ0) is 12.0. The Morgan fingerprint density at radius 3 is 2.38 bits per heavy atom. The summed E-state index contributed by atoms with van der Waals surface area (Å²) in [5.41, 5.74) is 2.17. The first kappa shape index (κ1) is 12.8. The fourth-order valence-corrected chi connectivity index (χ4v) is 1.37. The Bertz CT molecular complexity index is 380. The Morgan fingerprint density at radius 2 is 1.88 bits per heavy atom. The molecule has 4 heteroatoms. The molecule has 1 rings (SSSR count). The number of hydrogen-bond donors (Lipinski definition) is 0. The molecule has 16 heavy (non-hydrogen) atoms. The highest BCUT2D eigenvalue weighted by molar-refractivity contribution is 8.13. The zero-order valence-electron chi connectivity index (χ0n) is 10.1. The molecule has 0 aliphatic carbocycles. The summed E-state index contributed by atoms with van der Waals surface area (Å²) in [4.78, 5) is 10.6. The molecule has 0 amide bonds. The third-order valence-corrected chi connectivity index (χ3v) is 2.40. The SMILES string of the molecule is CSC(=Nc1ccc(C)cc1)/N=C/N(C)C. The molecule has 0 heterocycles. The van der Waals surface area contributed by atoms with Gasteiger partial charge in [-0.25, -0.2) is 9.98 Å². The van der Waals surface area contributed by atoms with Crippen LogP contribution in [0.4, 0.5) is 5.69 Å². The number of rotatable bonds is 2. The van der Waals surface area contributed by atoms with Gasteiger partial charge >= 0.3 is 0 Å². The maximum Gasteiger partial charge on any atom is 0.189 e. The van der Waals surface area contributed by atoms with E-state index in [0.29, 0.717) is 0 Å². The Hall–Kier alpha value is -1.29. The minimum atomic E-state index is 0.762. The van der Waals surface area contributed by atoms with Crippen LogP contribution >= 0.6 is 11.8 Å². The highest BCUT2D eigenvalue weighted by Gasteiger charge is 1.94. The maximum absolute atomic E-state index is 4.45. The normalized spacial score (nSPS) is 12.1. The number of aliphatic imine (C=N–C) groups is 2. The minimum Gasteiger partial charge on any atom is -0.369 e. The van der Waals surface area contributed by atoms with E-state index in [1.54, 1.807) is 6.34 Å². The lowest BCUT2D eigenvalue weighted by Crippen LogP contribution is -2.08. The number of amidine groups is 1. The number of hydrogen-bond acceptors (Lipinski definition) is 2. The molecule has 0 radical (unpaired) electrons. The van der Waals surface area contributed by atoms with Crippen molar-refractivity contribution in [3.05, 3.63) is 29.8 Å². The van der Waals surface area contributed by atoms with Gasteiger partial charge in [-0.2, -0.15) is 0 Å². The predicted octanol–water partition coefficient (Wildman–Crippen LogP) is 2.94. The molecule has 0 aliphatic rings. The summed E-state index contributed by atoms with van der Waals surface area (Å²) < 4.78 is 0. The van der Waals surface area contributed by atoms with Crippen LogP contribution in [0.15, 0.2) is 34.3 Å². The van der Waals surface area contributed by atoms with Crippen molar-refractivity contribution in [1.82, 2.24) is 4.90 Å². The highest BCUT2D eigenvalue weighted by atomic mass is 32.2. The molecule has 0 aromatic heterocycles. The Labute approximate surface area is 101 Å². The summed E-state index contributed by atoms with van der Waals surface area (Å²) >= 11 is 1.54. The van der Waals surface area contributed by atoms with Crippen LogP contribution in [-0.2, 0) is 0 Å². The first-order valence-electron chi connectivity index (χ1n) is 5.02. The van der Waals surface area contributed by atoms with Crippen LogP contribution < -0.4 is 0 Å². The number of benzene rings is 1. The molecule has 0 atom stereocenters. The van der Waals surface area contributed by atoms with Crippen LogP contribution in [-0.4, -0.2) is 36.8 Å². The Kier molecular flexibility index (Phi) is 5.05. The van der Waals surface area contributed by atoms with E-state index >= 15 is 0 Å². The van der Waals surface area contributed by atoms with E-state index in [2.05, 4.69) is 16.9 Å². The van der Waals surface area contributed by atoms with Crippen LogP contribution in [0, 0.1) is 6.92 Å². The van der Waals surface area contributed by atoms with Crippen LogP contribution in [0.5, 0.6) is 0 Å². The summed E-state index contributed by atoms with van der Waals surface area (Å²) in [5.74, 6) is 0. The van der Waals surface area contributed by atoms with Crippen molar-refractivity contribution < 1.29 is 0 Å². The molecule has 0 spiro atoms. The smallest absolute Gasteiger partial charge is 0.189 e. The fraction of sp³-hybridized carbons (Fsp3) is 0.333. The zero-order valence-corrected chi connectivity index (χ0v) is 11.0. The second kappa shape index (κ2) is 6.33. The maximum atomic E-state index is 4.45. The van der Waals surface area contributed by atoms with E-state index in [-0.39, 0.29) is 0 Å². The second-order valence-corrected chi connectivity index (χ2v) is 4.42. The van der Waals surface area contributed by atoms with Crippen LogP contribution in [0.2, 0.25) is 0 Å². The molecule has 0 saturated heterocycles. The third kappa shape index (κ3) is 4.49. The van der Waals surface area contributed by atoms with Gasteiger partial charge in [-0.05, 0) is 25.3 Å². The molecule has 0 saturated carbocycles. The van der Waals surface area contributed by atoms with Crippen molar-refractivity contribution in [2.24, 2.45) is 9.98 Å². The summed E-state index contributed by atoms with van der Waals surface area (Å²) in [7, 11) is 3.88. The van der Waals surface area contributed by atoms with Gasteiger partial charge in [0.25, 0.3) is 0 Å². The third-order valence-electron chi connectivity index (χ3n) is 1.84. The molecule has 0 N–H and O–H groups in total. The van der Waals surface area contributed by atoms with Crippen molar-refractivity contribution in [1.29, 1.82) is 0 Å². The number of nitrogens with zero attached hydrogens (tertiary/aromatic N) is 3. The molecular weight excluding hydrogens is 218 g/mol. The molecule has 0 bridgehead atoms. The summed E-state index contributed by atoms with van der Waals surface area (Å²) in [6.07, 6.45) is 3.73. The lowest BCUT2D eigenvalue weighted by atomic mass is 10.2. The molecular formula is C12H17N3S. The predicted molar refractivity (Wildman–Crippen MR) is 74.0 cm³/mol. The summed E-state index contributed by atoms with van der Waals surface area (Å²) in [5, 5.41) is 0.762. The molecule has 0 unspecified atom stereocenters. The highest BCUT2D eigenvalue weighted by Crippen LogP contribution is 2.15. The second-order valence-electron chi connectivity index (χ2n) is 3.64. The topological polar surface area (TPSA) is 28.0 Å². The van der Waals surface area contributed by atoms with E-state index in [4.69, 9.17) is 0 Å². The summed E-state index contributed by atoms with van der Waals surface area (Å²) in [6.45, 7) is 2.06. The molecule has 1 aromatic rings. The fourth-order valence-electron chi connectivity index (χ4n) is 1.02. The number of aryl methyl sites for hydroxylation is 1. The first-order valence-corrected chi connectivity index (χ1v) is 6.24. The van der Waals surface area contributed by atoms with Crippen molar-refractivity contribution in [3.8, 4) is 0 Å². The van der Waals surface area contributed by atoms with Crippen LogP contribution in [0.3, 0.4) is 0 Å². The van der Waals surface area contributed by atoms with Crippen molar-refractivity contribution in [2.75, 3.05) is 20.4 Å². The van der Waals surface area contributed by atoms with Gasteiger partial charge in [-0.3, -0.25) is 0 Å². The monoisotopic (exact) mass is 235 g/mol. The average molecular weight is 235 g/mol. The Balaban J connectivity index is 2.83. The van der Waals surface area contributed by atoms with Gasteiger partial charge in [-0.15, -0.1) is 0 Å². The largest absolute Gasteiger partial charge is 0.369 e. The molecule has 3 nitrogen and oxygen atoms in total. The van der Waals surface area contributed by atoms with Crippen molar-refractivity contribution in [2.45, 2.75) is 6.92 Å². The molecule has 0 fully saturated rings. The molecule has 86 valence electrons. The van der Waals surface area contributed by atoms with E-state index in [9.17, 15) is 0 Å². The van der Waals surface area contributed by atoms with Gasteiger partial charge in [0, 0.05) is 14.1 Å². The number of thioether (sulfide) groups is 1. The van der Waals surface area contributed by atoms with E-state index < -0.39 is 0 Å². The van der Waals surface area contributed by atoms with E-state index in [1.807, 2.05) is 49.5 Å². The van der Waals surface area contributed by atoms with Gasteiger partial charge in [0.05, 0.1) is 12.0 Å². The lowest BCUT2D eigenvalue weighted by molar-refractivity contribution is 0.644. The quantitative estimate of drug-likeness (QED) is 0.582. The van der Waals surface area contributed by atoms with Gasteiger partial charge in [0.15, 0.2) is 5.17 Å². The van der Waals surface area contributed by atoms with Gasteiger partial charge < -0.3 is 4.90 Å². The van der Waals surface area contributed by atoms with Crippen LogP contribution in [0.1, 0.15) is 5.56 Å². The Morgan fingerprint density at radius 1 is 1.25 bits per heavy atom. The summed E-state index contributed by atoms with van der Waals surface area (Å²) in [6, 6.07) is 8.09. The molecule has 1 aromatic carbocycles. The molecule has 0 aliphatic heterocycles. The standard InChI is InChI=1S/C12H17N3S/c1-10-5-7-11(8-6-10)14-12(16-4)13-9-15(2)3/h5-9H,1-4H3/b13-9+,14-12?. The van der Waals surface area contributed by atoms with Crippen molar-refractivity contribution >= 4 is 29.0 Å².